The first kappa shape index (κ1) is 14.5. The molecule has 3 nitrogen and oxygen atoms in total. The Morgan fingerprint density at radius 3 is 2.53 bits per heavy atom. The molecular weight excluding hydrogens is 238 g/mol. The molecule has 0 atom stereocenters. The number of nitro groups is 1. The summed E-state index contributed by atoms with van der Waals surface area (Å²) in [4.78, 5) is 10.0. The van der Waals surface area contributed by atoms with Crippen molar-refractivity contribution in [1.82, 2.24) is 0 Å². The van der Waals surface area contributed by atoms with Crippen LogP contribution in [-0.2, 0) is 0 Å². The van der Waals surface area contributed by atoms with Gasteiger partial charge in [-0.2, -0.15) is 0 Å². The third-order valence-corrected chi connectivity index (χ3v) is 2.30. The van der Waals surface area contributed by atoms with Crippen LogP contribution in [0.2, 0.25) is 0 Å². The van der Waals surface area contributed by atoms with Crippen LogP contribution >= 0.6 is 0 Å². The first-order valence-electron chi connectivity index (χ1n) is 6.13. The van der Waals surface area contributed by atoms with Crippen LogP contribution in [0.4, 0.5) is 5.69 Å². The average molecular weight is 253 g/mol. The van der Waals surface area contributed by atoms with Gasteiger partial charge in [-0.05, 0) is 30.7 Å². The summed E-state index contributed by atoms with van der Waals surface area (Å²) >= 11 is 0. The van der Waals surface area contributed by atoms with Gasteiger partial charge < -0.3 is 0 Å². The summed E-state index contributed by atoms with van der Waals surface area (Å²) < 4.78 is 0. The van der Waals surface area contributed by atoms with E-state index in [-0.39, 0.29) is 5.69 Å². The van der Waals surface area contributed by atoms with Crippen LogP contribution in [0.3, 0.4) is 0 Å². The van der Waals surface area contributed by atoms with Gasteiger partial charge in [0.15, 0.2) is 0 Å². The summed E-state index contributed by atoms with van der Waals surface area (Å²) in [7, 11) is 0. The first-order valence-corrected chi connectivity index (χ1v) is 6.13. The number of non-ortho nitro benzene ring substituents is 1. The number of rotatable bonds is 3. The molecule has 0 unspecified atom stereocenters. The minimum absolute atomic E-state index is 0.0721. The van der Waals surface area contributed by atoms with Crippen LogP contribution in [0.5, 0.6) is 0 Å². The van der Waals surface area contributed by atoms with Gasteiger partial charge in [-0.3, -0.25) is 10.1 Å². The molecule has 0 spiro atoms. The van der Waals surface area contributed by atoms with Crippen molar-refractivity contribution in [2.45, 2.75) is 26.2 Å². The highest BCUT2D eigenvalue weighted by Gasteiger charge is 2.01. The highest BCUT2D eigenvalue weighted by Crippen LogP contribution is 2.10. The largest absolute Gasteiger partial charge is 0.269 e. The quantitative estimate of drug-likeness (QED) is 0.357. The normalized spacial score (nSPS) is 9.32. The molecule has 1 aromatic carbocycles. The lowest BCUT2D eigenvalue weighted by Crippen LogP contribution is -1.86. The number of hydrogen-bond donors (Lipinski definition) is 0. The molecule has 0 N–H and O–H groups in total. The molecule has 0 aromatic heterocycles. The topological polar surface area (TPSA) is 43.1 Å². The van der Waals surface area contributed by atoms with Gasteiger partial charge in [0.1, 0.15) is 0 Å². The maximum Gasteiger partial charge on any atom is 0.269 e. The summed E-state index contributed by atoms with van der Waals surface area (Å²) in [6, 6.07) is 6.15. The third kappa shape index (κ3) is 6.10. The van der Waals surface area contributed by atoms with Gasteiger partial charge in [-0.15, -0.1) is 0 Å². The van der Waals surface area contributed by atoms with Crippen molar-refractivity contribution in [2.24, 2.45) is 0 Å². The van der Waals surface area contributed by atoms with Gasteiger partial charge in [0.25, 0.3) is 5.69 Å². The Balaban J connectivity index is 2.51. The molecule has 3 heteroatoms. The van der Waals surface area contributed by atoms with Crippen LogP contribution in [0.1, 0.15) is 31.7 Å². The lowest BCUT2D eigenvalue weighted by atomic mass is 10.2. The van der Waals surface area contributed by atoms with E-state index in [1.54, 1.807) is 24.3 Å². The van der Waals surface area contributed by atoms with Gasteiger partial charge in [-0.25, -0.2) is 0 Å². The number of nitro benzene ring substituents is 1. The van der Waals surface area contributed by atoms with Crippen LogP contribution in [0.15, 0.2) is 36.4 Å². The predicted octanol–water partition coefficient (Wildman–Crippen LogP) is 3.70. The van der Waals surface area contributed by atoms with E-state index in [0.29, 0.717) is 0 Å². The number of allylic oxidation sites excluding steroid dienone is 2. The molecule has 19 heavy (non-hydrogen) atoms. The number of benzene rings is 1. The molecule has 1 rings (SSSR count). The highest BCUT2D eigenvalue weighted by atomic mass is 16.6. The summed E-state index contributed by atoms with van der Waals surface area (Å²) in [5.41, 5.74) is 0.817. The Hall–Kier alpha value is -2.52. The fraction of sp³-hybridized carbons (Fsp3) is 0.250. The van der Waals surface area contributed by atoms with E-state index in [2.05, 4.69) is 30.6 Å². The van der Waals surface area contributed by atoms with Crippen molar-refractivity contribution in [3.8, 4) is 23.7 Å². The standard InChI is InChI=1S/C16H15NO2/c1-2-3-4-5-6-7-8-9-10-15-11-13-16(14-12-15)17(18)19/h7-8,11-14H,2-4H2,1H3/b8-7-. The number of hydrogen-bond acceptors (Lipinski definition) is 2. The summed E-state index contributed by atoms with van der Waals surface area (Å²) in [5, 5.41) is 10.5. The van der Waals surface area contributed by atoms with E-state index in [1.807, 2.05) is 0 Å². The van der Waals surface area contributed by atoms with Gasteiger partial charge in [-0.1, -0.05) is 37.0 Å². The zero-order valence-electron chi connectivity index (χ0n) is 10.8. The molecule has 0 amide bonds. The van der Waals surface area contributed by atoms with Gasteiger partial charge >= 0.3 is 0 Å². The third-order valence-electron chi connectivity index (χ3n) is 2.30. The monoisotopic (exact) mass is 253 g/mol. The van der Waals surface area contributed by atoms with Gasteiger partial charge in [0.2, 0.25) is 0 Å². The molecule has 0 heterocycles. The van der Waals surface area contributed by atoms with E-state index in [9.17, 15) is 10.1 Å². The maximum absolute atomic E-state index is 10.5. The molecule has 0 aliphatic heterocycles. The SMILES string of the molecule is CCCCC#C/C=C\C#Cc1ccc([N+](=O)[O-])cc1. The molecule has 0 fully saturated rings. The first-order chi connectivity index (χ1) is 9.24. The van der Waals surface area contributed by atoms with Crippen molar-refractivity contribution in [1.29, 1.82) is 0 Å². The van der Waals surface area contributed by atoms with Crippen LogP contribution in [0.25, 0.3) is 0 Å². The summed E-state index contributed by atoms with van der Waals surface area (Å²) in [5.74, 6) is 11.7. The molecule has 0 bridgehead atoms. The Morgan fingerprint density at radius 1 is 1.21 bits per heavy atom. The zero-order valence-corrected chi connectivity index (χ0v) is 10.8. The smallest absolute Gasteiger partial charge is 0.258 e. The molecule has 0 aliphatic carbocycles. The summed E-state index contributed by atoms with van der Waals surface area (Å²) in [6.45, 7) is 2.13. The Bertz CT molecular complexity index is 563. The minimum Gasteiger partial charge on any atom is -0.258 e. The lowest BCUT2D eigenvalue weighted by molar-refractivity contribution is -0.384. The Morgan fingerprint density at radius 2 is 1.89 bits per heavy atom. The molecule has 0 saturated heterocycles. The van der Waals surface area contributed by atoms with Crippen molar-refractivity contribution < 1.29 is 4.92 Å². The molecule has 0 radical (unpaired) electrons. The van der Waals surface area contributed by atoms with E-state index in [4.69, 9.17) is 0 Å². The predicted molar refractivity (Wildman–Crippen MR) is 76.4 cm³/mol. The fourth-order valence-electron chi connectivity index (χ4n) is 1.27. The van der Waals surface area contributed by atoms with E-state index in [0.717, 1.165) is 24.8 Å². The molecule has 0 aliphatic rings. The molecule has 96 valence electrons. The second kappa shape index (κ2) is 8.55. The van der Waals surface area contributed by atoms with Crippen LogP contribution in [-0.4, -0.2) is 4.92 Å². The Kier molecular flexibility index (Phi) is 6.55. The van der Waals surface area contributed by atoms with Crippen LogP contribution < -0.4 is 0 Å². The number of unbranched alkanes of at least 4 members (excludes halogenated alkanes) is 2. The van der Waals surface area contributed by atoms with Gasteiger partial charge in [0.05, 0.1) is 4.92 Å². The van der Waals surface area contributed by atoms with Crippen molar-refractivity contribution in [3.63, 3.8) is 0 Å². The van der Waals surface area contributed by atoms with Crippen molar-refractivity contribution in [3.05, 3.63) is 52.1 Å². The van der Waals surface area contributed by atoms with E-state index < -0.39 is 4.92 Å². The van der Waals surface area contributed by atoms with Gasteiger partial charge in [0, 0.05) is 24.1 Å². The van der Waals surface area contributed by atoms with Crippen LogP contribution in [0, 0.1) is 33.8 Å². The molecular formula is C16H15NO2. The van der Waals surface area contributed by atoms with E-state index >= 15 is 0 Å². The number of nitrogens with zero attached hydrogens (tertiary/aromatic N) is 1. The fourth-order valence-corrected chi connectivity index (χ4v) is 1.27. The highest BCUT2D eigenvalue weighted by molar-refractivity contribution is 5.42. The van der Waals surface area contributed by atoms with E-state index in [1.165, 1.54) is 12.1 Å². The molecule has 1 aromatic rings. The second-order valence-corrected chi connectivity index (χ2v) is 3.83. The molecule has 0 saturated carbocycles. The lowest BCUT2D eigenvalue weighted by Gasteiger charge is -1.90. The Labute approximate surface area is 113 Å². The van der Waals surface area contributed by atoms with Crippen molar-refractivity contribution in [2.75, 3.05) is 0 Å². The zero-order chi connectivity index (χ0) is 13.9. The minimum atomic E-state index is -0.428. The average Bonchev–Trinajstić information content (AvgIpc) is 2.42. The maximum atomic E-state index is 10.5. The van der Waals surface area contributed by atoms with Crippen molar-refractivity contribution >= 4 is 5.69 Å². The second-order valence-electron chi connectivity index (χ2n) is 3.83. The summed E-state index contributed by atoms with van der Waals surface area (Å²) in [6.07, 6.45) is 6.58.